The van der Waals surface area contributed by atoms with E-state index in [9.17, 15) is 36.7 Å². The number of carbonyl (C=O) groups excluding carboxylic acids is 4. The van der Waals surface area contributed by atoms with Crippen LogP contribution in [0.15, 0.2) is 23.8 Å². The number of rotatable bonds is 5. The molecule has 222 valence electrons. The Kier molecular flexibility index (Phi) is 7.59. The molecule has 0 aromatic carbocycles. The highest BCUT2D eigenvalue weighted by molar-refractivity contribution is 8.13. The fourth-order valence-corrected chi connectivity index (χ4v) is 8.70. The van der Waals surface area contributed by atoms with Crippen molar-refractivity contribution >= 4 is 34.6 Å². The standard InChI is InChI=1S/C27H30F6O6S/c1-5-20(35)39-26(22(37)40-12-28)13(2)8-15-16-10-18(29)17-9-14(34)6-7-23(17,3)25(16,30)19(11-24(15,26)4)38-21(36)27(31,32)33/h6-7,9,13,15-16,18-19H,5,8,10-12H2,1-4H3/t13-,15?,16?,18+,19+,23+,24+,25+,26+/m1/s1. The van der Waals surface area contributed by atoms with Gasteiger partial charge in [-0.15, -0.1) is 0 Å². The number of ketones is 1. The fraction of sp³-hybridized carbons (Fsp3) is 0.704. The van der Waals surface area contributed by atoms with Crippen molar-refractivity contribution in [3.8, 4) is 0 Å². The van der Waals surface area contributed by atoms with E-state index in [-0.39, 0.29) is 30.2 Å². The molecule has 0 saturated heterocycles. The number of halogens is 6. The number of carbonyl (C=O) groups is 4. The zero-order valence-corrected chi connectivity index (χ0v) is 23.1. The average molecular weight is 597 g/mol. The van der Waals surface area contributed by atoms with Crippen LogP contribution >= 0.6 is 11.8 Å². The molecule has 40 heavy (non-hydrogen) atoms. The quantitative estimate of drug-likeness (QED) is 0.304. The molecule has 6 nitrogen and oxygen atoms in total. The van der Waals surface area contributed by atoms with E-state index in [1.54, 1.807) is 0 Å². The molecule has 13 heteroatoms. The lowest BCUT2D eigenvalue weighted by atomic mass is 9.44. The van der Waals surface area contributed by atoms with E-state index in [1.165, 1.54) is 27.7 Å². The van der Waals surface area contributed by atoms with Gasteiger partial charge in [0.2, 0.25) is 5.12 Å². The van der Waals surface area contributed by atoms with Crippen LogP contribution in [-0.4, -0.2) is 58.6 Å². The van der Waals surface area contributed by atoms with Gasteiger partial charge in [0.15, 0.2) is 17.1 Å². The summed E-state index contributed by atoms with van der Waals surface area (Å²) < 4.78 is 97.9. The number of ether oxygens (including phenoxy) is 2. The third-order valence-electron chi connectivity index (χ3n) is 9.68. The van der Waals surface area contributed by atoms with Gasteiger partial charge in [0, 0.05) is 29.1 Å². The van der Waals surface area contributed by atoms with E-state index >= 15 is 8.78 Å². The zero-order chi connectivity index (χ0) is 30.1. The molecule has 0 aromatic heterocycles. The van der Waals surface area contributed by atoms with Crippen molar-refractivity contribution in [2.75, 3.05) is 6.01 Å². The molecule has 4 aliphatic rings. The lowest BCUT2D eigenvalue weighted by Gasteiger charge is -2.63. The highest BCUT2D eigenvalue weighted by atomic mass is 32.2. The largest absolute Gasteiger partial charge is 0.490 e. The van der Waals surface area contributed by atoms with E-state index in [4.69, 9.17) is 9.47 Å². The molecular formula is C27H30F6O6S. The molecule has 2 unspecified atom stereocenters. The van der Waals surface area contributed by atoms with Crippen molar-refractivity contribution in [2.45, 2.75) is 83.1 Å². The first-order valence-electron chi connectivity index (χ1n) is 12.9. The predicted octanol–water partition coefficient (Wildman–Crippen LogP) is 5.54. The van der Waals surface area contributed by atoms with Gasteiger partial charge in [-0.25, -0.2) is 18.0 Å². The number of esters is 2. The van der Waals surface area contributed by atoms with Gasteiger partial charge in [0.25, 0.3) is 0 Å². The van der Waals surface area contributed by atoms with Gasteiger partial charge < -0.3 is 9.47 Å². The molecule has 0 amide bonds. The summed E-state index contributed by atoms with van der Waals surface area (Å²) in [6, 6.07) is -1.20. The molecule has 0 aliphatic heterocycles. The monoisotopic (exact) mass is 596 g/mol. The predicted molar refractivity (Wildman–Crippen MR) is 131 cm³/mol. The van der Waals surface area contributed by atoms with Crippen molar-refractivity contribution in [1.82, 2.24) is 0 Å². The van der Waals surface area contributed by atoms with Crippen molar-refractivity contribution in [1.29, 1.82) is 0 Å². The minimum absolute atomic E-state index is 0.00710. The highest BCUT2D eigenvalue weighted by Gasteiger charge is 2.79. The summed E-state index contributed by atoms with van der Waals surface area (Å²) in [7, 11) is 0. The van der Waals surface area contributed by atoms with Crippen molar-refractivity contribution in [3.05, 3.63) is 23.8 Å². The van der Waals surface area contributed by atoms with Crippen LogP contribution in [-0.2, 0) is 28.7 Å². The van der Waals surface area contributed by atoms with Gasteiger partial charge in [0.05, 0.1) is 0 Å². The molecule has 0 radical (unpaired) electrons. The number of alkyl halides is 6. The number of fused-ring (bicyclic) bond motifs is 5. The van der Waals surface area contributed by atoms with Gasteiger partial charge in [0.1, 0.15) is 18.3 Å². The lowest BCUT2D eigenvalue weighted by molar-refractivity contribution is -0.252. The average Bonchev–Trinajstić information content (AvgIpc) is 3.08. The molecule has 3 saturated carbocycles. The van der Waals surface area contributed by atoms with Gasteiger partial charge >= 0.3 is 18.1 Å². The molecule has 0 bridgehead atoms. The number of hydrogen-bond acceptors (Lipinski definition) is 7. The Bertz CT molecular complexity index is 1190. The lowest BCUT2D eigenvalue weighted by Crippen LogP contribution is -2.71. The second-order valence-corrected chi connectivity index (χ2v) is 12.4. The SMILES string of the molecule is CCC(=O)O[C@]1(C(=O)SCF)[C@H](C)CC2C3C[C@H](F)C4=CC(=O)C=C[C@]4(C)[C@@]3(F)[C@@H](OC(=O)C(F)(F)F)C[C@@]21C. The van der Waals surface area contributed by atoms with Crippen molar-refractivity contribution in [2.24, 2.45) is 28.6 Å². The maximum atomic E-state index is 17.8. The Morgan fingerprint density at radius 3 is 2.38 bits per heavy atom. The molecule has 9 atom stereocenters. The third-order valence-corrected chi connectivity index (χ3v) is 10.4. The maximum absolute atomic E-state index is 17.8. The van der Waals surface area contributed by atoms with E-state index in [0.29, 0.717) is 0 Å². The van der Waals surface area contributed by atoms with Gasteiger partial charge in [-0.05, 0) is 61.6 Å². The Balaban J connectivity index is 1.96. The smallest absolute Gasteiger partial charge is 0.452 e. The second-order valence-electron chi connectivity index (χ2n) is 11.5. The Labute approximate surface area is 231 Å². The summed E-state index contributed by atoms with van der Waals surface area (Å²) in [6.07, 6.45) is -8.10. The Hall–Kier alpha value is -2.31. The summed E-state index contributed by atoms with van der Waals surface area (Å²) in [5, 5.41) is -0.913. The van der Waals surface area contributed by atoms with E-state index in [2.05, 4.69) is 0 Å². The molecule has 4 rings (SSSR count). The number of allylic oxidation sites excluding steroid dienone is 4. The molecule has 0 spiro atoms. The molecular weight excluding hydrogens is 566 g/mol. The van der Waals surface area contributed by atoms with Gasteiger partial charge in [-0.1, -0.05) is 26.8 Å². The number of thioether (sulfide) groups is 1. The first-order chi connectivity index (χ1) is 18.4. The fourth-order valence-electron chi connectivity index (χ4n) is 7.91. The first-order valence-corrected chi connectivity index (χ1v) is 13.9. The number of hydrogen-bond donors (Lipinski definition) is 0. The van der Waals surface area contributed by atoms with Crippen LogP contribution in [0.25, 0.3) is 0 Å². The van der Waals surface area contributed by atoms with Gasteiger partial charge in [-0.3, -0.25) is 14.4 Å². The van der Waals surface area contributed by atoms with Crippen LogP contribution in [0.5, 0.6) is 0 Å². The summed E-state index contributed by atoms with van der Waals surface area (Å²) in [4.78, 5) is 50.4. The summed E-state index contributed by atoms with van der Waals surface area (Å²) in [6.45, 7) is 5.63. The van der Waals surface area contributed by atoms with E-state index < -0.39 is 100.0 Å². The normalized spacial score (nSPS) is 42.3. The van der Waals surface area contributed by atoms with Crippen LogP contribution in [0.1, 0.15) is 53.4 Å². The van der Waals surface area contributed by atoms with Crippen LogP contribution in [0, 0.1) is 28.6 Å². The van der Waals surface area contributed by atoms with E-state index in [1.807, 2.05) is 0 Å². The van der Waals surface area contributed by atoms with Crippen LogP contribution in [0.3, 0.4) is 0 Å². The second kappa shape index (κ2) is 9.90. The summed E-state index contributed by atoms with van der Waals surface area (Å²) >= 11 is 0.208. The van der Waals surface area contributed by atoms with Crippen molar-refractivity contribution in [3.63, 3.8) is 0 Å². The first kappa shape index (κ1) is 30.6. The maximum Gasteiger partial charge on any atom is 0.490 e. The third kappa shape index (κ3) is 4.07. The van der Waals surface area contributed by atoms with Crippen molar-refractivity contribution < 1.29 is 55.0 Å². The van der Waals surface area contributed by atoms with Crippen LogP contribution < -0.4 is 0 Å². The Morgan fingerprint density at radius 2 is 1.80 bits per heavy atom. The molecule has 0 N–H and O–H groups in total. The topological polar surface area (TPSA) is 86.7 Å². The molecule has 4 aliphatic carbocycles. The minimum atomic E-state index is -5.51. The summed E-state index contributed by atoms with van der Waals surface area (Å²) in [5.74, 6) is -7.41. The molecule has 3 fully saturated rings. The minimum Gasteiger partial charge on any atom is -0.452 e. The summed E-state index contributed by atoms with van der Waals surface area (Å²) in [5.41, 5.74) is -8.89. The molecule has 0 aromatic rings. The highest BCUT2D eigenvalue weighted by Crippen LogP contribution is 2.72. The van der Waals surface area contributed by atoms with Crippen LogP contribution in [0.4, 0.5) is 26.3 Å². The zero-order valence-electron chi connectivity index (χ0n) is 22.3. The Morgan fingerprint density at radius 1 is 1.15 bits per heavy atom. The van der Waals surface area contributed by atoms with E-state index in [0.717, 1.165) is 18.2 Å². The van der Waals surface area contributed by atoms with Crippen LogP contribution in [0.2, 0.25) is 0 Å². The molecule has 0 heterocycles. The van der Waals surface area contributed by atoms with Gasteiger partial charge in [-0.2, -0.15) is 13.2 Å².